The number of ether oxygens (including phenoxy) is 2. The molecule has 2 aliphatic heterocycles. The third-order valence-electron chi connectivity index (χ3n) is 4.35. The van der Waals surface area contributed by atoms with Crippen LogP contribution in [0.1, 0.15) is 39.0 Å². The number of hydrogen-bond donors (Lipinski definition) is 0. The van der Waals surface area contributed by atoms with Gasteiger partial charge in [-0.05, 0) is 26.2 Å². The van der Waals surface area contributed by atoms with Crippen molar-refractivity contribution in [2.75, 3.05) is 26.9 Å². The summed E-state index contributed by atoms with van der Waals surface area (Å²) < 4.78 is 37.9. The molecular weight excluding hydrogens is 310 g/mol. The van der Waals surface area contributed by atoms with E-state index in [9.17, 15) is 18.4 Å². The second kappa shape index (κ2) is 7.53. The van der Waals surface area contributed by atoms with Crippen molar-refractivity contribution in [3.8, 4) is 0 Å². The number of nitrogens with zero attached hydrogens (tertiary/aromatic N) is 2. The summed E-state index contributed by atoms with van der Waals surface area (Å²) in [5, 5.41) is 2.76. The van der Waals surface area contributed by atoms with E-state index in [1.54, 1.807) is 19.0 Å². The molecule has 2 atom stereocenters. The smallest absolute Gasteiger partial charge is 0.326 e. The van der Waals surface area contributed by atoms with Gasteiger partial charge in [-0.25, -0.2) is 5.01 Å². The Hall–Kier alpha value is -1.28. The van der Waals surface area contributed by atoms with Crippen molar-refractivity contribution in [1.82, 2.24) is 10.0 Å². The fourth-order valence-electron chi connectivity index (χ4n) is 3.30. The molecule has 0 spiro atoms. The molecular formula is C15H24F2N2O4. The van der Waals surface area contributed by atoms with Gasteiger partial charge in [-0.15, -0.1) is 0 Å². The van der Waals surface area contributed by atoms with Gasteiger partial charge in [0, 0.05) is 20.1 Å². The molecule has 132 valence electrons. The highest BCUT2D eigenvalue weighted by atomic mass is 19.3. The molecule has 1 unspecified atom stereocenters. The summed E-state index contributed by atoms with van der Waals surface area (Å²) in [6, 6.07) is -0.707. The summed E-state index contributed by atoms with van der Waals surface area (Å²) in [6.45, 7) is 2.78. The molecule has 0 aromatic carbocycles. The quantitative estimate of drug-likeness (QED) is 0.691. The first-order valence-corrected chi connectivity index (χ1v) is 8.03. The van der Waals surface area contributed by atoms with E-state index in [1.807, 2.05) is 0 Å². The molecule has 0 aromatic rings. The van der Waals surface area contributed by atoms with Crippen LogP contribution in [0.5, 0.6) is 0 Å². The molecule has 1 amide bonds. The molecule has 2 heterocycles. The SMILES string of the molecule is CCOC(=O)CC1CCC(F)(F)C(=O)N1N1CCC[C@H]1COC. The molecule has 0 aliphatic carbocycles. The number of esters is 1. The standard InChI is InChI=1S/C15H24F2N2O4/c1-3-23-13(20)9-11-6-7-15(16,17)14(21)19(11)18-8-4-5-12(18)10-22-2/h11-12H,3-10H2,1-2H3/t11?,12-/m0/s1. The Morgan fingerprint density at radius 2 is 2.09 bits per heavy atom. The van der Waals surface area contributed by atoms with Gasteiger partial charge >= 0.3 is 17.8 Å². The van der Waals surface area contributed by atoms with Crippen LogP contribution in [-0.4, -0.2) is 66.8 Å². The summed E-state index contributed by atoms with van der Waals surface area (Å²) >= 11 is 0. The van der Waals surface area contributed by atoms with Crippen molar-refractivity contribution < 1.29 is 27.8 Å². The zero-order valence-electron chi connectivity index (χ0n) is 13.6. The van der Waals surface area contributed by atoms with Crippen molar-refractivity contribution in [1.29, 1.82) is 0 Å². The normalized spacial score (nSPS) is 28.2. The van der Waals surface area contributed by atoms with Crippen LogP contribution < -0.4 is 0 Å². The molecule has 0 aromatic heterocycles. The van der Waals surface area contributed by atoms with E-state index in [-0.39, 0.29) is 25.5 Å². The van der Waals surface area contributed by atoms with E-state index in [2.05, 4.69) is 0 Å². The van der Waals surface area contributed by atoms with Gasteiger partial charge in [0.05, 0.1) is 31.7 Å². The fourth-order valence-corrected chi connectivity index (χ4v) is 3.30. The molecule has 2 aliphatic rings. The summed E-state index contributed by atoms with van der Waals surface area (Å²) in [4.78, 5) is 24.0. The van der Waals surface area contributed by atoms with Crippen LogP contribution in [0.2, 0.25) is 0 Å². The third kappa shape index (κ3) is 3.98. The molecule has 2 fully saturated rings. The molecule has 8 heteroatoms. The van der Waals surface area contributed by atoms with Crippen LogP contribution >= 0.6 is 0 Å². The average Bonchev–Trinajstić information content (AvgIpc) is 2.92. The number of rotatable bonds is 6. The van der Waals surface area contributed by atoms with Gasteiger partial charge in [-0.3, -0.25) is 14.6 Å². The molecule has 0 saturated carbocycles. The van der Waals surface area contributed by atoms with E-state index in [0.29, 0.717) is 13.2 Å². The van der Waals surface area contributed by atoms with Gasteiger partial charge in [0.15, 0.2) is 0 Å². The predicted octanol–water partition coefficient (Wildman–Crippen LogP) is 1.59. The zero-order chi connectivity index (χ0) is 17.0. The summed E-state index contributed by atoms with van der Waals surface area (Å²) in [5.74, 6) is -5.07. The first kappa shape index (κ1) is 18.1. The minimum atomic E-state index is -3.38. The summed E-state index contributed by atoms with van der Waals surface area (Å²) in [5.41, 5.74) is 0. The minimum absolute atomic E-state index is 0.0636. The van der Waals surface area contributed by atoms with Crippen LogP contribution in [0, 0.1) is 0 Å². The van der Waals surface area contributed by atoms with E-state index in [4.69, 9.17) is 9.47 Å². The van der Waals surface area contributed by atoms with Gasteiger partial charge < -0.3 is 9.47 Å². The van der Waals surface area contributed by atoms with E-state index in [1.165, 1.54) is 0 Å². The number of carbonyl (C=O) groups excluding carboxylic acids is 2. The third-order valence-corrected chi connectivity index (χ3v) is 4.35. The molecule has 23 heavy (non-hydrogen) atoms. The predicted molar refractivity (Wildman–Crippen MR) is 77.7 cm³/mol. The number of halogens is 2. The van der Waals surface area contributed by atoms with Crippen LogP contribution in [-0.2, 0) is 19.1 Å². The highest BCUT2D eigenvalue weighted by molar-refractivity contribution is 5.85. The second-order valence-corrected chi connectivity index (χ2v) is 5.97. The maximum Gasteiger partial charge on any atom is 0.326 e. The lowest BCUT2D eigenvalue weighted by molar-refractivity contribution is -0.199. The lowest BCUT2D eigenvalue weighted by atomic mass is 9.97. The first-order chi connectivity index (χ1) is 10.9. The van der Waals surface area contributed by atoms with Gasteiger partial charge in [0.2, 0.25) is 0 Å². The van der Waals surface area contributed by atoms with Crippen LogP contribution in [0.4, 0.5) is 8.78 Å². The Balaban J connectivity index is 2.19. The highest BCUT2D eigenvalue weighted by Gasteiger charge is 2.52. The van der Waals surface area contributed by atoms with Gasteiger partial charge in [-0.1, -0.05) is 0 Å². The van der Waals surface area contributed by atoms with Crippen molar-refractivity contribution in [2.24, 2.45) is 0 Å². The Morgan fingerprint density at radius 3 is 2.74 bits per heavy atom. The molecule has 0 N–H and O–H groups in total. The Kier molecular flexibility index (Phi) is 5.91. The van der Waals surface area contributed by atoms with E-state index >= 15 is 0 Å². The van der Waals surface area contributed by atoms with Crippen molar-refractivity contribution in [3.63, 3.8) is 0 Å². The maximum atomic E-state index is 13.9. The zero-order valence-corrected chi connectivity index (χ0v) is 13.6. The van der Waals surface area contributed by atoms with Crippen LogP contribution in [0.25, 0.3) is 0 Å². The molecule has 0 radical (unpaired) electrons. The maximum absolute atomic E-state index is 13.9. The summed E-state index contributed by atoms with van der Waals surface area (Å²) in [6.07, 6.45) is 1.06. The Bertz CT molecular complexity index is 447. The largest absolute Gasteiger partial charge is 0.466 e. The topological polar surface area (TPSA) is 59.1 Å². The number of methoxy groups -OCH3 is 1. The van der Waals surface area contributed by atoms with Gasteiger partial charge in [-0.2, -0.15) is 8.78 Å². The van der Waals surface area contributed by atoms with Crippen molar-refractivity contribution in [2.45, 2.75) is 57.0 Å². The van der Waals surface area contributed by atoms with Gasteiger partial charge in [0.1, 0.15) is 0 Å². The van der Waals surface area contributed by atoms with E-state index in [0.717, 1.165) is 17.9 Å². The molecule has 0 bridgehead atoms. The highest BCUT2D eigenvalue weighted by Crippen LogP contribution is 2.36. The number of alkyl halides is 2. The minimum Gasteiger partial charge on any atom is -0.466 e. The fraction of sp³-hybridized carbons (Fsp3) is 0.867. The van der Waals surface area contributed by atoms with Crippen LogP contribution in [0.15, 0.2) is 0 Å². The average molecular weight is 334 g/mol. The summed E-state index contributed by atoms with van der Waals surface area (Å²) in [7, 11) is 1.54. The number of hydrazine groups is 1. The lowest BCUT2D eigenvalue weighted by Crippen LogP contribution is -2.62. The second-order valence-electron chi connectivity index (χ2n) is 5.97. The number of hydrogen-bond acceptors (Lipinski definition) is 5. The van der Waals surface area contributed by atoms with Gasteiger partial charge in [0.25, 0.3) is 0 Å². The lowest BCUT2D eigenvalue weighted by Gasteiger charge is -2.45. The Labute approximate surface area is 134 Å². The number of piperidine rings is 1. The monoisotopic (exact) mass is 334 g/mol. The molecule has 6 nitrogen and oxygen atoms in total. The Morgan fingerprint density at radius 1 is 1.35 bits per heavy atom. The first-order valence-electron chi connectivity index (χ1n) is 8.03. The molecule has 2 rings (SSSR count). The molecule has 2 saturated heterocycles. The van der Waals surface area contributed by atoms with Crippen LogP contribution in [0.3, 0.4) is 0 Å². The van der Waals surface area contributed by atoms with Crippen molar-refractivity contribution >= 4 is 11.9 Å². The van der Waals surface area contributed by atoms with Crippen molar-refractivity contribution in [3.05, 3.63) is 0 Å². The number of amides is 1. The number of carbonyl (C=O) groups is 2. The van der Waals surface area contributed by atoms with E-state index < -0.39 is 30.3 Å².